The van der Waals surface area contributed by atoms with Crippen LogP contribution in [0.2, 0.25) is 0 Å². The zero-order chi connectivity index (χ0) is 12.6. The molecule has 0 saturated carbocycles. The lowest BCUT2D eigenvalue weighted by Gasteiger charge is -2.15. The van der Waals surface area contributed by atoms with Gasteiger partial charge in [0, 0.05) is 6.07 Å². The van der Waals surface area contributed by atoms with Crippen molar-refractivity contribution in [1.82, 2.24) is 9.78 Å². The average Bonchev–Trinajstić information content (AvgIpc) is 2.57. The fraction of sp³-hybridized carbons (Fsp3) is 0.556. The molecular weight excluding hydrogens is 230 g/mol. The molecule has 1 unspecified atom stereocenters. The fourth-order valence-electron chi connectivity index (χ4n) is 1.70. The zero-order valence-corrected chi connectivity index (χ0v) is 8.80. The van der Waals surface area contributed by atoms with Gasteiger partial charge in [-0.2, -0.15) is 9.78 Å². The van der Waals surface area contributed by atoms with E-state index in [-0.39, 0.29) is 5.69 Å². The Bertz CT molecular complexity index is 462. The summed E-state index contributed by atoms with van der Waals surface area (Å²) >= 11 is 0. The van der Waals surface area contributed by atoms with Crippen molar-refractivity contribution in [2.75, 3.05) is 12.3 Å². The summed E-state index contributed by atoms with van der Waals surface area (Å²) in [6, 6.07) is 1.13. The van der Waals surface area contributed by atoms with E-state index in [0.29, 0.717) is 0 Å². The van der Waals surface area contributed by atoms with Crippen LogP contribution in [0.15, 0.2) is 17.1 Å². The maximum Gasteiger partial charge on any atom is 0.271 e. The maximum atomic E-state index is 11.6. The van der Waals surface area contributed by atoms with Crippen LogP contribution in [0.5, 0.6) is 0 Å². The minimum Gasteiger partial charge on any atom is -0.397 e. The summed E-state index contributed by atoms with van der Waals surface area (Å²) in [5.41, 5.74) is 5.01. The molecule has 94 valence electrons. The van der Waals surface area contributed by atoms with Gasteiger partial charge in [-0.25, -0.2) is 0 Å². The normalized spacial score (nSPS) is 32.9. The van der Waals surface area contributed by atoms with Gasteiger partial charge in [-0.1, -0.05) is 0 Å². The maximum absolute atomic E-state index is 11.6. The standard InChI is InChI=1S/C9H13N3O5/c10-4-1-6(14)12(11-2-4)9-8(16)7(15)5(3-13)17-9/h1-2,5,7-9,13,15-16H,3,10H2/t5-,7-,8-,9?/m1/s1. The number of nitrogen functional groups attached to an aromatic ring is 1. The van der Waals surface area contributed by atoms with E-state index in [0.717, 1.165) is 10.7 Å². The monoisotopic (exact) mass is 243 g/mol. The Morgan fingerprint density at radius 3 is 2.71 bits per heavy atom. The molecule has 0 aromatic carbocycles. The van der Waals surface area contributed by atoms with Crippen LogP contribution in [0, 0.1) is 0 Å². The SMILES string of the molecule is Nc1cnn(C2O[C@H](CO)[C@@H](O)[C@H]2O)c(=O)c1. The van der Waals surface area contributed by atoms with Gasteiger partial charge in [0.05, 0.1) is 18.5 Å². The third-order valence-corrected chi connectivity index (χ3v) is 2.61. The molecule has 0 spiro atoms. The quantitative estimate of drug-likeness (QED) is 0.449. The van der Waals surface area contributed by atoms with Crippen LogP contribution in [-0.2, 0) is 4.74 Å². The smallest absolute Gasteiger partial charge is 0.271 e. The number of aromatic nitrogens is 2. The number of hydrogen-bond donors (Lipinski definition) is 4. The first-order chi connectivity index (χ1) is 8.04. The van der Waals surface area contributed by atoms with Crippen molar-refractivity contribution >= 4 is 5.69 Å². The van der Waals surface area contributed by atoms with Gasteiger partial charge in [-0.15, -0.1) is 0 Å². The number of nitrogens with zero attached hydrogens (tertiary/aromatic N) is 2. The molecule has 17 heavy (non-hydrogen) atoms. The molecule has 1 aliphatic rings. The lowest BCUT2D eigenvalue weighted by Crippen LogP contribution is -2.36. The van der Waals surface area contributed by atoms with Crippen molar-refractivity contribution in [3.8, 4) is 0 Å². The molecule has 2 rings (SSSR count). The number of aliphatic hydroxyl groups is 3. The van der Waals surface area contributed by atoms with Crippen molar-refractivity contribution in [3.63, 3.8) is 0 Å². The summed E-state index contributed by atoms with van der Waals surface area (Å²) < 4.78 is 6.03. The van der Waals surface area contributed by atoms with Crippen molar-refractivity contribution in [2.45, 2.75) is 24.5 Å². The summed E-state index contributed by atoms with van der Waals surface area (Å²) in [6.45, 7) is -0.460. The second-order valence-electron chi connectivity index (χ2n) is 3.80. The van der Waals surface area contributed by atoms with Gasteiger partial charge in [0.2, 0.25) is 0 Å². The van der Waals surface area contributed by atoms with Gasteiger partial charge in [-0.05, 0) is 0 Å². The first-order valence-corrected chi connectivity index (χ1v) is 5.01. The number of hydrogen-bond acceptors (Lipinski definition) is 7. The third kappa shape index (κ3) is 2.03. The topological polar surface area (TPSA) is 131 Å². The molecule has 1 aliphatic heterocycles. The van der Waals surface area contributed by atoms with Gasteiger partial charge in [-0.3, -0.25) is 4.79 Å². The van der Waals surface area contributed by atoms with Gasteiger partial charge in [0.25, 0.3) is 5.56 Å². The Hall–Kier alpha value is -1.48. The Morgan fingerprint density at radius 2 is 2.18 bits per heavy atom. The Kier molecular flexibility index (Phi) is 3.11. The lowest BCUT2D eigenvalue weighted by molar-refractivity contribution is -0.0609. The fourth-order valence-corrected chi connectivity index (χ4v) is 1.70. The second kappa shape index (κ2) is 4.41. The van der Waals surface area contributed by atoms with Crippen LogP contribution >= 0.6 is 0 Å². The predicted molar refractivity (Wildman–Crippen MR) is 55.9 cm³/mol. The van der Waals surface area contributed by atoms with E-state index in [1.54, 1.807) is 0 Å². The molecule has 0 radical (unpaired) electrons. The molecule has 5 N–H and O–H groups in total. The minimum atomic E-state index is -1.33. The molecule has 1 saturated heterocycles. The van der Waals surface area contributed by atoms with E-state index in [2.05, 4.69) is 5.10 Å². The van der Waals surface area contributed by atoms with Gasteiger partial charge in [0.15, 0.2) is 6.23 Å². The summed E-state index contributed by atoms with van der Waals surface area (Å²) in [4.78, 5) is 11.6. The van der Waals surface area contributed by atoms with Crippen LogP contribution in [0.4, 0.5) is 5.69 Å². The van der Waals surface area contributed by atoms with Crippen LogP contribution < -0.4 is 11.3 Å². The first-order valence-electron chi connectivity index (χ1n) is 5.01. The molecule has 2 heterocycles. The van der Waals surface area contributed by atoms with E-state index in [1.165, 1.54) is 6.20 Å². The largest absolute Gasteiger partial charge is 0.397 e. The zero-order valence-electron chi connectivity index (χ0n) is 8.80. The first kappa shape index (κ1) is 12.0. The van der Waals surface area contributed by atoms with E-state index < -0.39 is 36.7 Å². The van der Waals surface area contributed by atoms with E-state index in [1.807, 2.05) is 0 Å². The van der Waals surface area contributed by atoms with Gasteiger partial charge in [0.1, 0.15) is 18.3 Å². The van der Waals surface area contributed by atoms with E-state index in [4.69, 9.17) is 15.6 Å². The molecule has 4 atom stereocenters. The number of nitrogens with two attached hydrogens (primary N) is 1. The molecule has 0 bridgehead atoms. The Morgan fingerprint density at radius 1 is 1.47 bits per heavy atom. The highest BCUT2D eigenvalue weighted by atomic mass is 16.6. The van der Waals surface area contributed by atoms with E-state index in [9.17, 15) is 15.0 Å². The molecule has 8 nitrogen and oxygen atoms in total. The summed E-state index contributed by atoms with van der Waals surface area (Å²) in [5, 5.41) is 31.8. The summed E-state index contributed by atoms with van der Waals surface area (Å²) in [6.07, 6.45) is -3.44. The second-order valence-corrected chi connectivity index (χ2v) is 3.80. The van der Waals surface area contributed by atoms with Crippen LogP contribution in [0.3, 0.4) is 0 Å². The summed E-state index contributed by atoms with van der Waals surface area (Å²) in [5.74, 6) is 0. The van der Waals surface area contributed by atoms with Gasteiger partial charge >= 0.3 is 0 Å². The highest BCUT2D eigenvalue weighted by Crippen LogP contribution is 2.27. The van der Waals surface area contributed by atoms with Crippen LogP contribution in [0.1, 0.15) is 6.23 Å². The molecule has 0 aliphatic carbocycles. The lowest BCUT2D eigenvalue weighted by atomic mass is 10.1. The van der Waals surface area contributed by atoms with Crippen LogP contribution in [-0.4, -0.2) is 50.0 Å². The minimum absolute atomic E-state index is 0.193. The number of rotatable bonds is 2. The average molecular weight is 243 g/mol. The number of aliphatic hydroxyl groups excluding tert-OH is 3. The highest BCUT2D eigenvalue weighted by molar-refractivity contribution is 5.31. The van der Waals surface area contributed by atoms with E-state index >= 15 is 0 Å². The van der Waals surface area contributed by atoms with Crippen molar-refractivity contribution in [1.29, 1.82) is 0 Å². The molecule has 1 aromatic heterocycles. The predicted octanol–water partition coefficient (Wildman–Crippen LogP) is -2.56. The highest BCUT2D eigenvalue weighted by Gasteiger charge is 2.44. The third-order valence-electron chi connectivity index (χ3n) is 2.61. The number of anilines is 1. The summed E-state index contributed by atoms with van der Waals surface area (Å²) in [7, 11) is 0. The molecule has 1 aromatic rings. The van der Waals surface area contributed by atoms with Crippen molar-refractivity contribution < 1.29 is 20.1 Å². The molecule has 0 amide bonds. The molecular formula is C9H13N3O5. The Balaban J connectivity index is 2.32. The number of ether oxygens (including phenoxy) is 1. The van der Waals surface area contributed by atoms with Gasteiger partial charge < -0.3 is 25.8 Å². The van der Waals surface area contributed by atoms with Crippen molar-refractivity contribution in [2.24, 2.45) is 0 Å². The molecule has 1 fully saturated rings. The Labute approximate surface area is 95.9 Å². The molecule has 8 heteroatoms. The van der Waals surface area contributed by atoms with Crippen molar-refractivity contribution in [3.05, 3.63) is 22.6 Å². The van der Waals surface area contributed by atoms with Crippen LogP contribution in [0.25, 0.3) is 0 Å².